The first-order valence-electron chi connectivity index (χ1n) is 8.84. The van der Waals surface area contributed by atoms with Gasteiger partial charge in [0.25, 0.3) is 11.8 Å². The molecule has 3 aromatic rings. The van der Waals surface area contributed by atoms with Crippen LogP contribution in [0.5, 0.6) is 0 Å². The Morgan fingerprint density at radius 1 is 0.900 bits per heavy atom. The van der Waals surface area contributed by atoms with Crippen LogP contribution in [-0.2, 0) is 16.4 Å². The van der Waals surface area contributed by atoms with E-state index in [1.165, 1.54) is 42.5 Å². The largest absolute Gasteiger partial charge is 0.272 e. The normalized spacial score (nSPS) is 11.1. The van der Waals surface area contributed by atoms with E-state index in [9.17, 15) is 22.4 Å². The number of nitrogens with one attached hydrogen (secondary N) is 3. The number of sulfonamides is 1. The maximum atomic E-state index is 13.6. The predicted molar refractivity (Wildman–Crippen MR) is 111 cm³/mol. The van der Waals surface area contributed by atoms with Gasteiger partial charge in [0, 0.05) is 17.0 Å². The number of hydrogen-bond acceptors (Lipinski definition) is 5. The molecule has 0 aliphatic heterocycles. The highest BCUT2D eigenvalue weighted by Gasteiger charge is 2.16. The van der Waals surface area contributed by atoms with Crippen molar-refractivity contribution in [3.05, 3.63) is 87.9 Å². The van der Waals surface area contributed by atoms with Gasteiger partial charge in [-0.05, 0) is 54.3 Å². The topological polar surface area (TPSA) is 104 Å². The number of hydrogen-bond donors (Lipinski definition) is 3. The summed E-state index contributed by atoms with van der Waals surface area (Å²) in [5.41, 5.74) is 4.19. The number of hydrazine groups is 1. The summed E-state index contributed by atoms with van der Waals surface area (Å²) < 4.78 is 40.8. The van der Waals surface area contributed by atoms with Crippen LogP contribution in [-0.4, -0.2) is 26.8 Å². The zero-order chi connectivity index (χ0) is 21.6. The summed E-state index contributed by atoms with van der Waals surface area (Å²) in [5, 5.41) is 1.92. The maximum absolute atomic E-state index is 13.6. The van der Waals surface area contributed by atoms with Crippen LogP contribution in [0.2, 0.25) is 0 Å². The lowest BCUT2D eigenvalue weighted by Crippen LogP contribution is -2.41. The van der Waals surface area contributed by atoms with Crippen molar-refractivity contribution in [2.45, 2.75) is 11.3 Å². The van der Waals surface area contributed by atoms with Gasteiger partial charge in [0.2, 0.25) is 10.0 Å². The lowest BCUT2D eigenvalue weighted by molar-refractivity contribution is 0.0844. The van der Waals surface area contributed by atoms with Crippen molar-refractivity contribution in [2.24, 2.45) is 0 Å². The van der Waals surface area contributed by atoms with Crippen molar-refractivity contribution in [2.75, 3.05) is 6.54 Å². The third-order valence-electron chi connectivity index (χ3n) is 4.08. The smallest absolute Gasteiger partial charge is 0.267 e. The number of carbonyl (C=O) groups excluding carboxylic acids is 2. The average Bonchev–Trinajstić information content (AvgIpc) is 3.25. The summed E-state index contributed by atoms with van der Waals surface area (Å²) in [6.07, 6.45) is 0.582. The SMILES string of the molecule is O=C(NNC(=O)c1ccccc1F)c1ccc(S(=O)(=O)NCCc2cccs2)cc1. The molecule has 2 aromatic carbocycles. The fourth-order valence-electron chi connectivity index (χ4n) is 2.53. The molecule has 2 amide bonds. The van der Waals surface area contributed by atoms with Gasteiger partial charge in [-0.1, -0.05) is 18.2 Å². The van der Waals surface area contributed by atoms with Gasteiger partial charge in [-0.15, -0.1) is 11.3 Å². The lowest BCUT2D eigenvalue weighted by Gasteiger charge is -2.09. The van der Waals surface area contributed by atoms with Crippen molar-refractivity contribution in [1.82, 2.24) is 15.6 Å². The van der Waals surface area contributed by atoms with Crippen molar-refractivity contribution >= 4 is 33.2 Å². The molecule has 0 radical (unpaired) electrons. The molecule has 0 aliphatic rings. The number of benzene rings is 2. The molecular formula is C20H18FN3O4S2. The second-order valence-corrected chi connectivity index (χ2v) is 8.94. The number of thiophene rings is 1. The van der Waals surface area contributed by atoms with Crippen molar-refractivity contribution < 1.29 is 22.4 Å². The molecular weight excluding hydrogens is 429 g/mol. The number of halogens is 1. The van der Waals surface area contributed by atoms with Crippen LogP contribution in [0.1, 0.15) is 25.6 Å². The highest BCUT2D eigenvalue weighted by atomic mass is 32.2. The molecule has 30 heavy (non-hydrogen) atoms. The van der Waals surface area contributed by atoms with Gasteiger partial charge in [0.05, 0.1) is 10.5 Å². The first kappa shape index (κ1) is 21.6. The van der Waals surface area contributed by atoms with Gasteiger partial charge in [0.1, 0.15) is 5.82 Å². The molecule has 0 atom stereocenters. The van der Waals surface area contributed by atoms with Crippen LogP contribution in [0.25, 0.3) is 0 Å². The van der Waals surface area contributed by atoms with Gasteiger partial charge >= 0.3 is 0 Å². The van der Waals surface area contributed by atoms with Crippen LogP contribution >= 0.6 is 11.3 Å². The Hall–Kier alpha value is -3.08. The minimum atomic E-state index is -3.71. The third-order valence-corrected chi connectivity index (χ3v) is 6.49. The van der Waals surface area contributed by atoms with E-state index in [2.05, 4.69) is 15.6 Å². The second kappa shape index (κ2) is 9.61. The van der Waals surface area contributed by atoms with Crippen LogP contribution in [0, 0.1) is 5.82 Å². The number of rotatable bonds is 7. The molecule has 0 saturated heterocycles. The first-order valence-corrected chi connectivity index (χ1v) is 11.2. The Kier molecular flexibility index (Phi) is 6.93. The van der Waals surface area contributed by atoms with Crippen LogP contribution in [0.3, 0.4) is 0 Å². The molecule has 10 heteroatoms. The quantitative estimate of drug-likeness (QED) is 0.484. The molecule has 0 unspecified atom stereocenters. The molecule has 0 fully saturated rings. The minimum Gasteiger partial charge on any atom is -0.267 e. The summed E-state index contributed by atoms with van der Waals surface area (Å²) in [6.45, 7) is 0.257. The molecule has 1 aromatic heterocycles. The molecule has 0 saturated carbocycles. The fraction of sp³-hybridized carbons (Fsp3) is 0.100. The summed E-state index contributed by atoms with van der Waals surface area (Å²) in [4.78, 5) is 25.2. The van der Waals surface area contributed by atoms with Crippen molar-refractivity contribution in [1.29, 1.82) is 0 Å². The van der Waals surface area contributed by atoms with E-state index in [4.69, 9.17) is 0 Å². The zero-order valence-electron chi connectivity index (χ0n) is 15.6. The Balaban J connectivity index is 1.55. The fourth-order valence-corrected chi connectivity index (χ4v) is 4.27. The van der Waals surface area contributed by atoms with E-state index < -0.39 is 27.7 Å². The third kappa shape index (κ3) is 5.50. The molecule has 0 bridgehead atoms. The predicted octanol–water partition coefficient (Wildman–Crippen LogP) is 2.48. The number of carbonyl (C=O) groups is 2. The molecule has 3 N–H and O–H groups in total. The van der Waals surface area contributed by atoms with E-state index in [1.54, 1.807) is 11.3 Å². The summed E-state index contributed by atoms with van der Waals surface area (Å²) in [7, 11) is -3.71. The average molecular weight is 448 g/mol. The van der Waals surface area contributed by atoms with Crippen LogP contribution in [0.4, 0.5) is 4.39 Å². The lowest BCUT2D eigenvalue weighted by atomic mass is 10.2. The van der Waals surface area contributed by atoms with Gasteiger partial charge in [-0.25, -0.2) is 17.5 Å². The van der Waals surface area contributed by atoms with E-state index in [-0.39, 0.29) is 22.6 Å². The van der Waals surface area contributed by atoms with Gasteiger partial charge in [-0.3, -0.25) is 20.4 Å². The van der Waals surface area contributed by atoms with Crippen molar-refractivity contribution in [3.8, 4) is 0 Å². The zero-order valence-corrected chi connectivity index (χ0v) is 17.2. The molecule has 3 rings (SSSR count). The Labute approximate surface area is 177 Å². The Bertz CT molecular complexity index is 1130. The van der Waals surface area contributed by atoms with Gasteiger partial charge in [-0.2, -0.15) is 0 Å². The molecule has 7 nitrogen and oxygen atoms in total. The monoisotopic (exact) mass is 447 g/mol. The first-order chi connectivity index (χ1) is 14.4. The van der Waals surface area contributed by atoms with Gasteiger partial charge < -0.3 is 0 Å². The van der Waals surface area contributed by atoms with E-state index in [0.717, 1.165) is 10.9 Å². The molecule has 0 aliphatic carbocycles. The molecule has 0 spiro atoms. The molecule has 1 heterocycles. The van der Waals surface area contributed by atoms with Crippen LogP contribution in [0.15, 0.2) is 70.9 Å². The Morgan fingerprint density at radius 2 is 1.60 bits per heavy atom. The summed E-state index contributed by atoms with van der Waals surface area (Å²) >= 11 is 1.55. The summed E-state index contributed by atoms with van der Waals surface area (Å²) in [5.74, 6) is -2.20. The van der Waals surface area contributed by atoms with E-state index >= 15 is 0 Å². The highest BCUT2D eigenvalue weighted by Crippen LogP contribution is 2.12. The standard InChI is InChI=1S/C20H18FN3O4S2/c21-18-6-2-1-5-17(18)20(26)24-23-19(25)14-7-9-16(10-8-14)30(27,28)22-12-11-15-4-3-13-29-15/h1-10,13,22H,11-12H2,(H,23,25)(H,24,26). The van der Waals surface area contributed by atoms with Crippen molar-refractivity contribution in [3.63, 3.8) is 0 Å². The molecule has 156 valence electrons. The van der Waals surface area contributed by atoms with E-state index in [1.807, 2.05) is 17.5 Å². The summed E-state index contributed by atoms with van der Waals surface area (Å²) in [6, 6.07) is 14.4. The number of amides is 2. The minimum absolute atomic E-state index is 0.0145. The van der Waals surface area contributed by atoms with Gasteiger partial charge in [0.15, 0.2) is 0 Å². The maximum Gasteiger partial charge on any atom is 0.272 e. The highest BCUT2D eigenvalue weighted by molar-refractivity contribution is 7.89. The van der Waals surface area contributed by atoms with E-state index in [0.29, 0.717) is 6.42 Å². The van der Waals surface area contributed by atoms with Crippen LogP contribution < -0.4 is 15.6 Å². The second-order valence-electron chi connectivity index (χ2n) is 6.14. The Morgan fingerprint density at radius 3 is 2.27 bits per heavy atom.